The number of pyridine rings is 1. The largest absolute Gasteiger partial charge is 0.396 e. The highest BCUT2D eigenvalue weighted by molar-refractivity contribution is 9.11. The third kappa shape index (κ3) is 5.03. The lowest BCUT2D eigenvalue weighted by Crippen LogP contribution is -2.26. The van der Waals surface area contributed by atoms with Gasteiger partial charge in [0.05, 0.1) is 3.79 Å². The number of aliphatic hydroxyl groups excluding tert-OH is 1. The molecule has 2 heterocycles. The van der Waals surface area contributed by atoms with Gasteiger partial charge in [0.15, 0.2) is 0 Å². The zero-order valence-corrected chi connectivity index (χ0v) is 13.0. The van der Waals surface area contributed by atoms with Crippen LogP contribution in [0, 0.1) is 5.92 Å². The molecule has 2 rings (SSSR count). The summed E-state index contributed by atoms with van der Waals surface area (Å²) in [4.78, 5) is 4.29. The number of hydrogen-bond donors (Lipinski definition) is 2. The molecule has 1 unspecified atom stereocenters. The van der Waals surface area contributed by atoms with Crippen LogP contribution in [0.2, 0.25) is 0 Å². The van der Waals surface area contributed by atoms with Gasteiger partial charge in [0.1, 0.15) is 0 Å². The van der Waals surface area contributed by atoms with E-state index in [1.54, 1.807) is 17.5 Å². The molecule has 2 aromatic heterocycles. The van der Waals surface area contributed by atoms with Crippen molar-refractivity contribution in [3.8, 4) is 0 Å². The van der Waals surface area contributed by atoms with Crippen LogP contribution in [0.1, 0.15) is 11.3 Å². The summed E-state index contributed by atoms with van der Waals surface area (Å²) >= 11 is 5.14. The Balaban J connectivity index is 1.76. The van der Waals surface area contributed by atoms with Crippen LogP contribution in [0.4, 0.5) is 0 Å². The van der Waals surface area contributed by atoms with Gasteiger partial charge < -0.3 is 10.4 Å². The van der Waals surface area contributed by atoms with Gasteiger partial charge in [-0.05, 0) is 57.4 Å². The Labute approximate surface area is 125 Å². The summed E-state index contributed by atoms with van der Waals surface area (Å²) in [6.07, 6.45) is 2.59. The number of rotatable bonds is 7. The van der Waals surface area contributed by atoms with Crippen LogP contribution < -0.4 is 5.32 Å². The third-order valence-electron chi connectivity index (χ3n) is 2.87. The van der Waals surface area contributed by atoms with Gasteiger partial charge in [-0.3, -0.25) is 4.98 Å². The first-order valence-electron chi connectivity index (χ1n) is 6.22. The van der Waals surface area contributed by atoms with Gasteiger partial charge in [0.25, 0.3) is 0 Å². The smallest absolute Gasteiger partial charge is 0.0701 e. The normalized spacial score (nSPS) is 12.5. The Morgan fingerprint density at radius 3 is 2.95 bits per heavy atom. The number of thiophene rings is 1. The van der Waals surface area contributed by atoms with Crippen molar-refractivity contribution in [2.24, 2.45) is 5.92 Å². The third-order valence-corrected chi connectivity index (χ3v) is 4.42. The zero-order valence-electron chi connectivity index (χ0n) is 10.6. The summed E-state index contributed by atoms with van der Waals surface area (Å²) in [5, 5.41) is 14.9. The van der Waals surface area contributed by atoms with E-state index < -0.39 is 0 Å². The molecule has 102 valence electrons. The summed E-state index contributed by atoms with van der Waals surface area (Å²) in [7, 11) is 0. The molecule has 0 aliphatic heterocycles. The fourth-order valence-electron chi connectivity index (χ4n) is 1.88. The SMILES string of the molecule is OCC(CNCc1csc(Br)c1)Cc1ccccn1. The number of nitrogens with zero attached hydrogens (tertiary/aromatic N) is 1. The van der Waals surface area contributed by atoms with E-state index in [2.05, 4.69) is 37.7 Å². The molecule has 1 atom stereocenters. The first-order chi connectivity index (χ1) is 9.28. The van der Waals surface area contributed by atoms with Gasteiger partial charge in [0, 0.05) is 31.6 Å². The van der Waals surface area contributed by atoms with E-state index in [1.807, 2.05) is 18.2 Å². The molecule has 0 bridgehead atoms. The van der Waals surface area contributed by atoms with Gasteiger partial charge in [0.2, 0.25) is 0 Å². The molecule has 5 heteroatoms. The lowest BCUT2D eigenvalue weighted by Gasteiger charge is -2.14. The molecule has 19 heavy (non-hydrogen) atoms. The van der Waals surface area contributed by atoms with E-state index in [0.717, 1.165) is 29.0 Å². The lowest BCUT2D eigenvalue weighted by atomic mass is 10.0. The van der Waals surface area contributed by atoms with Crippen molar-refractivity contribution >= 4 is 27.3 Å². The highest BCUT2D eigenvalue weighted by Gasteiger charge is 2.09. The number of aliphatic hydroxyl groups is 1. The van der Waals surface area contributed by atoms with Crippen LogP contribution in [0.5, 0.6) is 0 Å². The van der Waals surface area contributed by atoms with Crippen LogP contribution >= 0.6 is 27.3 Å². The van der Waals surface area contributed by atoms with Gasteiger partial charge in [-0.2, -0.15) is 0 Å². The van der Waals surface area contributed by atoms with Crippen LogP contribution in [0.15, 0.2) is 39.6 Å². The number of hydrogen-bond acceptors (Lipinski definition) is 4. The summed E-state index contributed by atoms with van der Waals surface area (Å²) in [6.45, 7) is 1.80. The molecule has 0 saturated carbocycles. The summed E-state index contributed by atoms with van der Waals surface area (Å²) in [5.74, 6) is 0.206. The Morgan fingerprint density at radius 1 is 1.42 bits per heavy atom. The fraction of sp³-hybridized carbons (Fsp3) is 0.357. The second kappa shape index (κ2) is 7.75. The first-order valence-corrected chi connectivity index (χ1v) is 7.89. The predicted molar refractivity (Wildman–Crippen MR) is 82.2 cm³/mol. The van der Waals surface area contributed by atoms with Crippen molar-refractivity contribution in [3.05, 3.63) is 50.9 Å². The fourth-order valence-corrected chi connectivity index (χ4v) is 3.08. The summed E-state index contributed by atoms with van der Waals surface area (Å²) < 4.78 is 1.15. The molecular formula is C14H17BrN2OS. The van der Waals surface area contributed by atoms with Gasteiger partial charge in [-0.15, -0.1) is 11.3 Å². The van der Waals surface area contributed by atoms with E-state index in [0.29, 0.717) is 0 Å². The molecule has 0 aliphatic carbocycles. The monoisotopic (exact) mass is 340 g/mol. The maximum Gasteiger partial charge on any atom is 0.0701 e. The number of nitrogens with one attached hydrogen (secondary N) is 1. The first kappa shape index (κ1) is 14.7. The van der Waals surface area contributed by atoms with E-state index in [1.165, 1.54) is 5.56 Å². The summed E-state index contributed by atoms with van der Waals surface area (Å²) in [5.41, 5.74) is 2.30. The molecule has 3 nitrogen and oxygen atoms in total. The van der Waals surface area contributed by atoms with E-state index in [-0.39, 0.29) is 12.5 Å². The predicted octanol–water partition coefficient (Wildman–Crippen LogP) is 2.85. The van der Waals surface area contributed by atoms with Crippen molar-refractivity contribution in [2.45, 2.75) is 13.0 Å². The average Bonchev–Trinajstić information content (AvgIpc) is 2.84. The van der Waals surface area contributed by atoms with Crippen molar-refractivity contribution in [1.82, 2.24) is 10.3 Å². The minimum Gasteiger partial charge on any atom is -0.396 e. The average molecular weight is 341 g/mol. The van der Waals surface area contributed by atoms with Crippen molar-refractivity contribution in [2.75, 3.05) is 13.2 Å². The minimum absolute atomic E-state index is 0.177. The summed E-state index contributed by atoms with van der Waals surface area (Å²) in [6, 6.07) is 8.00. The second-order valence-electron chi connectivity index (χ2n) is 4.46. The molecule has 0 radical (unpaired) electrons. The Hall–Kier alpha value is -0.750. The van der Waals surface area contributed by atoms with Crippen LogP contribution in [0.25, 0.3) is 0 Å². The van der Waals surface area contributed by atoms with E-state index in [4.69, 9.17) is 0 Å². The highest BCUT2D eigenvalue weighted by atomic mass is 79.9. The molecule has 0 amide bonds. The Morgan fingerprint density at radius 2 is 2.32 bits per heavy atom. The van der Waals surface area contributed by atoms with Gasteiger partial charge in [-0.1, -0.05) is 6.07 Å². The Bertz CT molecular complexity index is 489. The molecule has 0 aliphatic rings. The lowest BCUT2D eigenvalue weighted by molar-refractivity contribution is 0.220. The highest BCUT2D eigenvalue weighted by Crippen LogP contribution is 2.20. The minimum atomic E-state index is 0.177. The molecular weight excluding hydrogens is 324 g/mol. The second-order valence-corrected chi connectivity index (χ2v) is 6.75. The van der Waals surface area contributed by atoms with Crippen LogP contribution in [-0.2, 0) is 13.0 Å². The molecule has 0 aromatic carbocycles. The van der Waals surface area contributed by atoms with Crippen molar-refractivity contribution in [3.63, 3.8) is 0 Å². The molecule has 0 fully saturated rings. The molecule has 2 aromatic rings. The Kier molecular flexibility index (Phi) is 5.97. The van der Waals surface area contributed by atoms with Crippen molar-refractivity contribution < 1.29 is 5.11 Å². The van der Waals surface area contributed by atoms with Gasteiger partial charge in [-0.25, -0.2) is 0 Å². The standard InChI is InChI=1S/C14H17BrN2OS/c15-14-6-12(10-19-14)8-16-7-11(9-18)5-13-3-1-2-4-17-13/h1-4,6,10-11,16,18H,5,7-9H2. The quantitative estimate of drug-likeness (QED) is 0.814. The maximum absolute atomic E-state index is 9.42. The number of aromatic nitrogens is 1. The van der Waals surface area contributed by atoms with Crippen LogP contribution in [0.3, 0.4) is 0 Å². The van der Waals surface area contributed by atoms with Crippen molar-refractivity contribution in [1.29, 1.82) is 0 Å². The topological polar surface area (TPSA) is 45.1 Å². The maximum atomic E-state index is 9.42. The van der Waals surface area contributed by atoms with E-state index >= 15 is 0 Å². The van der Waals surface area contributed by atoms with E-state index in [9.17, 15) is 5.11 Å². The zero-order chi connectivity index (χ0) is 13.5. The molecule has 2 N–H and O–H groups in total. The van der Waals surface area contributed by atoms with Gasteiger partial charge >= 0.3 is 0 Å². The molecule has 0 saturated heterocycles. The number of halogens is 1. The molecule has 0 spiro atoms. The van der Waals surface area contributed by atoms with Crippen LogP contribution in [-0.4, -0.2) is 23.2 Å².